The number of aliphatic imine (C=N–C) groups is 1. The van der Waals surface area contributed by atoms with E-state index >= 15 is 0 Å². The van der Waals surface area contributed by atoms with Crippen LogP contribution >= 0.6 is 0 Å². The predicted molar refractivity (Wildman–Crippen MR) is 52.5 cm³/mol. The molecule has 0 spiro atoms. The van der Waals surface area contributed by atoms with E-state index < -0.39 is 24.4 Å². The molecule has 0 aromatic rings. The van der Waals surface area contributed by atoms with Crippen molar-refractivity contribution < 1.29 is 20.4 Å². The number of hydrogen-bond donors (Lipinski definition) is 4. The van der Waals surface area contributed by atoms with Gasteiger partial charge in [-0.25, -0.2) is 0 Å². The molecule has 0 radical (unpaired) electrons. The van der Waals surface area contributed by atoms with Crippen LogP contribution in [0.5, 0.6) is 0 Å². The Labute approximate surface area is 87.5 Å². The maximum absolute atomic E-state index is 9.69. The van der Waals surface area contributed by atoms with E-state index in [1.807, 2.05) is 0 Å². The van der Waals surface area contributed by atoms with Gasteiger partial charge in [0.05, 0.1) is 12.6 Å². The van der Waals surface area contributed by atoms with Gasteiger partial charge in [0.1, 0.15) is 24.1 Å². The molecule has 0 aromatic heterocycles. The Morgan fingerprint density at radius 2 is 2.00 bits per heavy atom. The lowest BCUT2D eigenvalue weighted by Gasteiger charge is -2.46. The second-order valence-corrected chi connectivity index (χ2v) is 3.96. The minimum Gasteiger partial charge on any atom is -0.394 e. The van der Waals surface area contributed by atoms with Crippen LogP contribution in [0.25, 0.3) is 0 Å². The number of aliphatic hydroxyl groups is 4. The molecule has 0 bridgehead atoms. The molecule has 2 heterocycles. The Kier molecular flexibility index (Phi) is 2.92. The summed E-state index contributed by atoms with van der Waals surface area (Å²) in [6, 6.07) is -0.567. The highest BCUT2D eigenvalue weighted by Crippen LogP contribution is 2.23. The van der Waals surface area contributed by atoms with Crippen LogP contribution in [-0.2, 0) is 0 Å². The number of piperidine rings is 1. The zero-order chi connectivity index (χ0) is 11.0. The number of nitrogens with zero attached hydrogens (tertiary/aromatic N) is 2. The van der Waals surface area contributed by atoms with Crippen LogP contribution in [0.15, 0.2) is 4.99 Å². The van der Waals surface area contributed by atoms with Crippen molar-refractivity contribution in [1.29, 1.82) is 0 Å². The first-order valence-corrected chi connectivity index (χ1v) is 5.13. The van der Waals surface area contributed by atoms with E-state index in [1.165, 1.54) is 0 Å². The molecule has 0 aromatic carbocycles. The third-order valence-electron chi connectivity index (χ3n) is 3.04. The van der Waals surface area contributed by atoms with Gasteiger partial charge < -0.3 is 25.3 Å². The van der Waals surface area contributed by atoms with E-state index in [4.69, 9.17) is 5.11 Å². The Morgan fingerprint density at radius 3 is 2.67 bits per heavy atom. The van der Waals surface area contributed by atoms with Crippen LogP contribution < -0.4 is 0 Å². The van der Waals surface area contributed by atoms with E-state index in [2.05, 4.69) is 4.99 Å². The van der Waals surface area contributed by atoms with Crippen molar-refractivity contribution in [1.82, 2.24) is 4.90 Å². The lowest BCUT2D eigenvalue weighted by molar-refractivity contribution is -0.0976. The molecule has 0 aliphatic carbocycles. The molecule has 86 valence electrons. The van der Waals surface area contributed by atoms with E-state index in [-0.39, 0.29) is 6.61 Å². The van der Waals surface area contributed by atoms with Gasteiger partial charge in [-0.05, 0) is 6.42 Å². The van der Waals surface area contributed by atoms with Crippen LogP contribution in [0.2, 0.25) is 0 Å². The van der Waals surface area contributed by atoms with Crippen molar-refractivity contribution in [2.24, 2.45) is 4.99 Å². The standard InChI is InChI=1S/C9H16N2O4/c12-4-5-6(13)7(14)8(15)9-10-2-1-3-11(5)9/h5-8,12-15H,1-4H2/t5-,6-,7+,8-/m1/s1. The average Bonchev–Trinajstić information content (AvgIpc) is 2.27. The van der Waals surface area contributed by atoms with Gasteiger partial charge in [-0.2, -0.15) is 0 Å². The summed E-state index contributed by atoms with van der Waals surface area (Å²) in [7, 11) is 0. The SMILES string of the molecule is OC[C@@H]1[C@@H](O)[C@H](O)[C@@H](O)C2=NCCCN21. The molecule has 1 fully saturated rings. The molecule has 0 amide bonds. The summed E-state index contributed by atoms with van der Waals surface area (Å²) in [6.07, 6.45) is -2.73. The number of fused-ring (bicyclic) bond motifs is 1. The van der Waals surface area contributed by atoms with Gasteiger partial charge in [0.15, 0.2) is 0 Å². The van der Waals surface area contributed by atoms with Gasteiger partial charge in [-0.3, -0.25) is 4.99 Å². The van der Waals surface area contributed by atoms with Gasteiger partial charge in [0, 0.05) is 13.1 Å². The first-order chi connectivity index (χ1) is 7.16. The molecular formula is C9H16N2O4. The van der Waals surface area contributed by atoms with Crippen LogP contribution in [0, 0.1) is 0 Å². The molecule has 4 atom stereocenters. The van der Waals surface area contributed by atoms with Crippen molar-refractivity contribution >= 4 is 5.84 Å². The molecule has 2 aliphatic rings. The molecule has 0 unspecified atom stereocenters. The lowest BCUT2D eigenvalue weighted by atomic mass is 9.92. The van der Waals surface area contributed by atoms with E-state index in [9.17, 15) is 15.3 Å². The van der Waals surface area contributed by atoms with Crippen LogP contribution in [0.1, 0.15) is 6.42 Å². The highest BCUT2D eigenvalue weighted by molar-refractivity contribution is 5.89. The van der Waals surface area contributed by atoms with Crippen LogP contribution in [-0.4, -0.2) is 75.2 Å². The maximum atomic E-state index is 9.69. The first-order valence-electron chi connectivity index (χ1n) is 5.13. The molecule has 6 heteroatoms. The highest BCUT2D eigenvalue weighted by atomic mass is 16.4. The molecule has 15 heavy (non-hydrogen) atoms. The fourth-order valence-electron chi connectivity index (χ4n) is 2.20. The molecule has 4 N–H and O–H groups in total. The van der Waals surface area contributed by atoms with Crippen molar-refractivity contribution in [3.63, 3.8) is 0 Å². The third-order valence-corrected chi connectivity index (χ3v) is 3.04. The van der Waals surface area contributed by atoms with Gasteiger partial charge >= 0.3 is 0 Å². The topological polar surface area (TPSA) is 96.5 Å². The Bertz CT molecular complexity index is 271. The van der Waals surface area contributed by atoms with E-state index in [1.54, 1.807) is 4.90 Å². The average molecular weight is 216 g/mol. The fourth-order valence-corrected chi connectivity index (χ4v) is 2.20. The normalized spacial score (nSPS) is 41.1. The minimum absolute atomic E-state index is 0.260. The van der Waals surface area contributed by atoms with Gasteiger partial charge in [-0.15, -0.1) is 0 Å². The van der Waals surface area contributed by atoms with Gasteiger partial charge in [0.2, 0.25) is 0 Å². The highest BCUT2D eigenvalue weighted by Gasteiger charge is 2.45. The summed E-state index contributed by atoms with van der Waals surface area (Å²) in [5.41, 5.74) is 0. The third kappa shape index (κ3) is 1.63. The summed E-state index contributed by atoms with van der Waals surface area (Å²) >= 11 is 0. The second kappa shape index (κ2) is 4.05. The van der Waals surface area contributed by atoms with Crippen LogP contribution in [0.3, 0.4) is 0 Å². The van der Waals surface area contributed by atoms with Crippen molar-refractivity contribution in [2.75, 3.05) is 19.7 Å². The van der Waals surface area contributed by atoms with Gasteiger partial charge in [0.25, 0.3) is 0 Å². The van der Waals surface area contributed by atoms with Crippen molar-refractivity contribution in [3.05, 3.63) is 0 Å². The van der Waals surface area contributed by atoms with Crippen molar-refractivity contribution in [2.45, 2.75) is 30.8 Å². The number of rotatable bonds is 1. The first kappa shape index (κ1) is 10.8. The summed E-state index contributed by atoms with van der Waals surface area (Å²) < 4.78 is 0. The minimum atomic E-state index is -1.27. The Hall–Kier alpha value is -0.690. The Balaban J connectivity index is 2.28. The monoisotopic (exact) mass is 216 g/mol. The quantitative estimate of drug-likeness (QED) is 0.390. The second-order valence-electron chi connectivity index (χ2n) is 3.96. The predicted octanol–water partition coefficient (Wildman–Crippen LogP) is -2.45. The molecule has 2 rings (SSSR count). The summed E-state index contributed by atoms with van der Waals surface area (Å²) in [5, 5.41) is 38.1. The van der Waals surface area contributed by atoms with E-state index in [0.29, 0.717) is 18.9 Å². The smallest absolute Gasteiger partial charge is 0.139 e. The molecular weight excluding hydrogens is 200 g/mol. The van der Waals surface area contributed by atoms with Gasteiger partial charge in [-0.1, -0.05) is 0 Å². The summed E-state index contributed by atoms with van der Waals surface area (Å²) in [5.74, 6) is 0.387. The number of amidine groups is 1. The molecule has 2 aliphatic heterocycles. The Morgan fingerprint density at radius 1 is 1.27 bits per heavy atom. The number of hydrogen-bond acceptors (Lipinski definition) is 6. The molecule has 6 nitrogen and oxygen atoms in total. The van der Waals surface area contributed by atoms with E-state index in [0.717, 1.165) is 6.42 Å². The summed E-state index contributed by atoms with van der Waals surface area (Å²) in [6.45, 7) is 0.999. The molecule has 0 saturated carbocycles. The maximum Gasteiger partial charge on any atom is 0.139 e. The number of aliphatic hydroxyl groups excluding tert-OH is 4. The lowest BCUT2D eigenvalue weighted by Crippen LogP contribution is -2.66. The summed E-state index contributed by atoms with van der Waals surface area (Å²) in [4.78, 5) is 5.81. The zero-order valence-corrected chi connectivity index (χ0v) is 8.32. The zero-order valence-electron chi connectivity index (χ0n) is 8.32. The fraction of sp³-hybridized carbons (Fsp3) is 0.889. The van der Waals surface area contributed by atoms with Crippen LogP contribution in [0.4, 0.5) is 0 Å². The van der Waals surface area contributed by atoms with Crippen molar-refractivity contribution in [3.8, 4) is 0 Å². The largest absolute Gasteiger partial charge is 0.394 e. The molecule has 1 saturated heterocycles.